The number of carboxylic acids is 1. The number of nitrogens with zero attached hydrogens (tertiary/aromatic N) is 3. The van der Waals surface area contributed by atoms with Crippen molar-refractivity contribution < 1.29 is 32.5 Å². The minimum absolute atomic E-state index is 0.0580. The van der Waals surface area contributed by atoms with Crippen LogP contribution < -0.4 is 4.74 Å². The Morgan fingerprint density at radius 3 is 2.51 bits per heavy atom. The van der Waals surface area contributed by atoms with Gasteiger partial charge in [0, 0.05) is 35.3 Å². The summed E-state index contributed by atoms with van der Waals surface area (Å²) < 4.78 is 53.4. The highest BCUT2D eigenvalue weighted by Crippen LogP contribution is 2.42. The molecule has 1 aromatic carbocycles. The van der Waals surface area contributed by atoms with Crippen molar-refractivity contribution in [3.63, 3.8) is 0 Å². The van der Waals surface area contributed by atoms with Crippen molar-refractivity contribution in [3.8, 4) is 28.4 Å². The molecule has 0 aliphatic heterocycles. The Kier molecular flexibility index (Phi) is 9.30. The Bertz CT molecular complexity index is 1410. The molecule has 12 heteroatoms. The third-order valence-corrected chi connectivity index (χ3v) is 10.9. The van der Waals surface area contributed by atoms with E-state index in [1.54, 1.807) is 30.5 Å². The number of carbonyl (C=O) groups is 1. The fraction of sp³-hybridized carbons (Fsp3) is 0.483. The molecule has 0 atom stereocenters. The van der Waals surface area contributed by atoms with E-state index >= 15 is 0 Å². The first-order valence-corrected chi connectivity index (χ1v) is 16.5. The standard InChI is InChI=1S/C29H35ClF3N3O4S/c1-5-41(3,4)12-11-39-18-36-16-24(29(31,32)33)35-26(36)21-8-7-20(14-23(21)30)22-15-34-25(13-19(22)2)40-17-28(27(37)38)9-6-10-28/h7-8,13-16H,5-6,9-12,17-18H2,1-4H3,(H,37,38). The van der Waals surface area contributed by atoms with Crippen LogP contribution in [0.4, 0.5) is 13.2 Å². The van der Waals surface area contributed by atoms with Crippen LogP contribution in [-0.2, 0) is 22.4 Å². The predicted molar refractivity (Wildman–Crippen MR) is 156 cm³/mol. The Morgan fingerprint density at radius 2 is 1.95 bits per heavy atom. The van der Waals surface area contributed by atoms with Gasteiger partial charge in [0.1, 0.15) is 24.6 Å². The number of halogens is 4. The summed E-state index contributed by atoms with van der Waals surface area (Å²) in [4.78, 5) is 19.8. The van der Waals surface area contributed by atoms with Gasteiger partial charge in [-0.15, -0.1) is 0 Å². The number of rotatable bonds is 12. The monoisotopic (exact) mass is 613 g/mol. The van der Waals surface area contributed by atoms with Gasteiger partial charge in [0.2, 0.25) is 5.88 Å². The molecule has 0 amide bonds. The van der Waals surface area contributed by atoms with Crippen LogP contribution in [0, 0.1) is 12.3 Å². The number of aliphatic carboxylic acids is 1. The molecular weight excluding hydrogens is 579 g/mol. The van der Waals surface area contributed by atoms with Gasteiger partial charge in [-0.05, 0) is 61.3 Å². The van der Waals surface area contributed by atoms with Gasteiger partial charge in [0.25, 0.3) is 0 Å². The van der Waals surface area contributed by atoms with Crippen molar-refractivity contribution in [2.75, 3.05) is 37.2 Å². The molecule has 3 aromatic rings. The zero-order valence-electron chi connectivity index (χ0n) is 23.6. The van der Waals surface area contributed by atoms with E-state index < -0.39 is 33.3 Å². The maximum Gasteiger partial charge on any atom is 0.434 e. The van der Waals surface area contributed by atoms with Crippen LogP contribution in [0.5, 0.6) is 5.88 Å². The number of aryl methyl sites for hydroxylation is 1. The number of imidazole rings is 1. The molecule has 0 radical (unpaired) electrons. The number of pyridine rings is 1. The van der Waals surface area contributed by atoms with E-state index in [9.17, 15) is 23.1 Å². The second kappa shape index (κ2) is 12.2. The Hall–Kier alpha value is -2.76. The molecule has 7 nitrogen and oxygen atoms in total. The predicted octanol–water partition coefficient (Wildman–Crippen LogP) is 7.28. The first kappa shape index (κ1) is 31.2. The average molecular weight is 614 g/mol. The molecule has 0 saturated heterocycles. The molecule has 1 N–H and O–H groups in total. The van der Waals surface area contributed by atoms with Crippen LogP contribution in [0.15, 0.2) is 36.7 Å². The summed E-state index contributed by atoms with van der Waals surface area (Å²) in [7, 11) is -0.798. The minimum Gasteiger partial charge on any atom is -0.481 e. The molecule has 2 heterocycles. The van der Waals surface area contributed by atoms with Crippen LogP contribution >= 0.6 is 21.6 Å². The van der Waals surface area contributed by atoms with E-state index in [0.29, 0.717) is 36.5 Å². The Labute approximate surface area is 244 Å². The van der Waals surface area contributed by atoms with Crippen LogP contribution in [0.25, 0.3) is 22.5 Å². The second-order valence-electron chi connectivity index (χ2n) is 11.0. The van der Waals surface area contributed by atoms with E-state index in [1.807, 2.05) is 6.92 Å². The Balaban J connectivity index is 1.54. The van der Waals surface area contributed by atoms with Gasteiger partial charge in [-0.2, -0.15) is 13.2 Å². The lowest BCUT2D eigenvalue weighted by Crippen LogP contribution is -2.43. The van der Waals surface area contributed by atoms with E-state index in [-0.39, 0.29) is 24.2 Å². The quantitative estimate of drug-likeness (QED) is 0.216. The van der Waals surface area contributed by atoms with Gasteiger partial charge in [0.05, 0.1) is 11.6 Å². The lowest BCUT2D eigenvalue weighted by Gasteiger charge is -2.36. The molecule has 1 fully saturated rings. The lowest BCUT2D eigenvalue weighted by molar-refractivity contribution is -0.157. The number of alkyl halides is 3. The summed E-state index contributed by atoms with van der Waals surface area (Å²) in [6.07, 6.45) is 4.36. The van der Waals surface area contributed by atoms with Gasteiger partial charge >= 0.3 is 12.1 Å². The van der Waals surface area contributed by atoms with Crippen molar-refractivity contribution in [2.45, 2.75) is 46.0 Å². The highest BCUT2D eigenvalue weighted by molar-refractivity contribution is 8.32. The highest BCUT2D eigenvalue weighted by atomic mass is 35.5. The maximum absolute atomic E-state index is 13.5. The Morgan fingerprint density at radius 1 is 1.22 bits per heavy atom. The van der Waals surface area contributed by atoms with Crippen molar-refractivity contribution in [3.05, 3.63) is 52.9 Å². The summed E-state index contributed by atoms with van der Waals surface area (Å²) in [5.74, 6) is 1.43. The normalized spacial score (nSPS) is 15.4. The van der Waals surface area contributed by atoms with Crippen molar-refractivity contribution in [1.82, 2.24) is 14.5 Å². The maximum atomic E-state index is 13.5. The first-order chi connectivity index (χ1) is 19.2. The highest BCUT2D eigenvalue weighted by Gasteiger charge is 2.45. The van der Waals surface area contributed by atoms with Crippen LogP contribution in [0.1, 0.15) is 37.4 Å². The summed E-state index contributed by atoms with van der Waals surface area (Å²) in [5.41, 5.74) is 0.769. The first-order valence-electron chi connectivity index (χ1n) is 13.3. The van der Waals surface area contributed by atoms with Gasteiger partial charge in [-0.25, -0.2) is 20.0 Å². The van der Waals surface area contributed by atoms with E-state index in [1.165, 1.54) is 4.57 Å². The topological polar surface area (TPSA) is 86.5 Å². The zero-order valence-corrected chi connectivity index (χ0v) is 25.1. The van der Waals surface area contributed by atoms with Gasteiger partial charge in [-0.3, -0.25) is 4.79 Å². The fourth-order valence-electron chi connectivity index (χ4n) is 4.47. The average Bonchev–Trinajstić information content (AvgIpc) is 3.30. The summed E-state index contributed by atoms with van der Waals surface area (Å²) in [6.45, 7) is 4.40. The third-order valence-electron chi connectivity index (χ3n) is 7.73. The number of hydrogen-bond donors (Lipinski definition) is 1. The van der Waals surface area contributed by atoms with Crippen molar-refractivity contribution in [1.29, 1.82) is 0 Å². The third kappa shape index (κ3) is 7.18. The van der Waals surface area contributed by atoms with Crippen LogP contribution in [0.2, 0.25) is 5.02 Å². The molecule has 0 unspecified atom stereocenters. The molecule has 0 spiro atoms. The van der Waals surface area contributed by atoms with Gasteiger partial charge < -0.3 is 19.1 Å². The number of hydrogen-bond acceptors (Lipinski definition) is 5. The van der Waals surface area contributed by atoms with Crippen molar-refractivity contribution in [2.24, 2.45) is 5.41 Å². The molecule has 4 rings (SSSR count). The number of ether oxygens (including phenoxy) is 2. The molecule has 0 bridgehead atoms. The van der Waals surface area contributed by atoms with Gasteiger partial charge in [0.15, 0.2) is 5.69 Å². The summed E-state index contributed by atoms with van der Waals surface area (Å²) >= 11 is 6.61. The van der Waals surface area contributed by atoms with E-state index in [2.05, 4.69) is 29.4 Å². The van der Waals surface area contributed by atoms with Gasteiger partial charge in [-0.1, -0.05) is 31.0 Å². The number of benzene rings is 1. The van der Waals surface area contributed by atoms with Crippen molar-refractivity contribution >= 4 is 27.6 Å². The SMILES string of the molecule is CCS(C)(C)CCOCn1cc(C(F)(F)F)nc1-c1ccc(-c2cnc(OCC3(C(=O)O)CCC3)cc2C)cc1Cl. The molecule has 1 saturated carbocycles. The summed E-state index contributed by atoms with van der Waals surface area (Å²) in [5, 5.41) is 9.74. The lowest BCUT2D eigenvalue weighted by atomic mass is 9.69. The summed E-state index contributed by atoms with van der Waals surface area (Å²) in [6, 6.07) is 6.78. The van der Waals surface area contributed by atoms with E-state index in [0.717, 1.165) is 35.3 Å². The minimum atomic E-state index is -4.61. The van der Waals surface area contributed by atoms with E-state index in [4.69, 9.17) is 21.1 Å². The van der Waals surface area contributed by atoms with Crippen LogP contribution in [-0.4, -0.2) is 62.8 Å². The number of carboxylic acid groups (broad SMARTS) is 1. The van der Waals surface area contributed by atoms with Crippen LogP contribution in [0.3, 0.4) is 0 Å². The second-order valence-corrected chi connectivity index (χ2v) is 15.9. The molecule has 1 aliphatic rings. The molecule has 1 aliphatic carbocycles. The molecule has 2 aromatic heterocycles. The molecule has 41 heavy (non-hydrogen) atoms. The molecule has 224 valence electrons. The largest absolute Gasteiger partial charge is 0.481 e. The smallest absolute Gasteiger partial charge is 0.434 e. The number of aromatic nitrogens is 3. The fourth-order valence-corrected chi connectivity index (χ4v) is 5.59. The molecular formula is C29H35ClF3N3O4S. The zero-order chi connectivity index (χ0) is 30.0.